The van der Waals surface area contributed by atoms with Crippen LogP contribution in [-0.2, 0) is 12.7 Å². The van der Waals surface area contributed by atoms with E-state index in [2.05, 4.69) is 58.9 Å². The molecule has 0 spiro atoms. The highest BCUT2D eigenvalue weighted by atomic mass is 28.5. The first-order chi connectivity index (χ1) is 7.33. The third-order valence-corrected chi connectivity index (χ3v) is 11.4. The van der Waals surface area contributed by atoms with E-state index in [1.54, 1.807) is 0 Å². The molecule has 17 heavy (non-hydrogen) atoms. The van der Waals surface area contributed by atoms with Gasteiger partial charge in [-0.1, -0.05) is 13.1 Å². The van der Waals surface area contributed by atoms with E-state index in [4.69, 9.17) is 12.7 Å². The van der Waals surface area contributed by atoms with Crippen LogP contribution in [0.5, 0.6) is 0 Å². The highest BCUT2D eigenvalue weighted by Gasteiger charge is 2.43. The van der Waals surface area contributed by atoms with Crippen LogP contribution >= 0.6 is 0 Å². The lowest BCUT2D eigenvalue weighted by Gasteiger charge is -2.37. The van der Waals surface area contributed by atoms with Crippen molar-refractivity contribution in [1.29, 1.82) is 0 Å². The molecule has 0 atom stereocenters. The van der Waals surface area contributed by atoms with Crippen LogP contribution in [0.25, 0.3) is 0 Å². The zero-order valence-corrected chi connectivity index (χ0v) is 17.2. The molecule has 0 aromatic rings. The number of hydrogen-bond acceptors (Lipinski definition) is 3. The summed E-state index contributed by atoms with van der Waals surface area (Å²) in [6.45, 7) is 19.8. The van der Waals surface area contributed by atoms with Crippen molar-refractivity contribution in [2.45, 2.75) is 58.9 Å². The average molecular weight is 311 g/mol. The van der Waals surface area contributed by atoms with E-state index in [0.29, 0.717) is 0 Å². The molecule has 0 saturated carbocycles. The Morgan fingerprint density at radius 1 is 0.765 bits per heavy atom. The van der Waals surface area contributed by atoms with E-state index in [1.165, 1.54) is 0 Å². The predicted octanol–water partition coefficient (Wildman–Crippen LogP) is 3.30. The maximum atomic E-state index is 6.24. The van der Waals surface area contributed by atoms with Crippen molar-refractivity contribution in [3.05, 3.63) is 0 Å². The van der Waals surface area contributed by atoms with Gasteiger partial charge in [-0.25, -0.2) is 0 Å². The minimum absolute atomic E-state index is 0.723. The van der Waals surface area contributed by atoms with Crippen LogP contribution in [0.1, 0.15) is 0 Å². The lowest BCUT2D eigenvalue weighted by molar-refractivity contribution is 0.195. The summed E-state index contributed by atoms with van der Waals surface area (Å²) in [6, 6.07) is 0. The first kappa shape index (κ1) is 17.7. The van der Waals surface area contributed by atoms with E-state index >= 15 is 0 Å². The van der Waals surface area contributed by atoms with Gasteiger partial charge >= 0.3 is 8.80 Å². The molecule has 104 valence electrons. The lowest BCUT2D eigenvalue weighted by Crippen LogP contribution is -2.55. The summed E-state index contributed by atoms with van der Waals surface area (Å²) in [7, 11) is -6.38. The van der Waals surface area contributed by atoms with Crippen LogP contribution in [0.4, 0.5) is 0 Å². The van der Waals surface area contributed by atoms with Crippen molar-refractivity contribution in [3.8, 4) is 0 Å². The Bertz CT molecular complexity index is 217. The van der Waals surface area contributed by atoms with E-state index in [0.717, 1.165) is 6.23 Å². The second-order valence-electron chi connectivity index (χ2n) is 7.00. The van der Waals surface area contributed by atoms with Gasteiger partial charge in [0.25, 0.3) is 0 Å². The standard InChI is InChI=1S/C10H30O3Si4/c1-14(2)10-11-17(9,12-15(3,4)5)13-16(6,7)8/h14H,10H2,1-9H3. The van der Waals surface area contributed by atoms with Gasteiger partial charge in [-0.05, 0) is 39.3 Å². The molecule has 7 heteroatoms. The minimum atomic E-state index is -2.42. The molecule has 0 saturated heterocycles. The van der Waals surface area contributed by atoms with Gasteiger partial charge < -0.3 is 12.7 Å². The largest absolute Gasteiger partial charge is 0.476 e. The molecule has 0 rings (SSSR count). The van der Waals surface area contributed by atoms with E-state index < -0.39 is 34.2 Å². The van der Waals surface area contributed by atoms with Crippen LogP contribution in [-0.4, -0.2) is 40.5 Å². The summed E-state index contributed by atoms with van der Waals surface area (Å²) in [4.78, 5) is 0. The molecule has 0 heterocycles. The Morgan fingerprint density at radius 3 is 1.35 bits per heavy atom. The Hall–Kier alpha value is 0.748. The molecular formula is C10H30O3Si4. The van der Waals surface area contributed by atoms with Gasteiger partial charge in [0.2, 0.25) is 0 Å². The van der Waals surface area contributed by atoms with Crippen molar-refractivity contribution in [3.63, 3.8) is 0 Å². The zero-order valence-electron chi connectivity index (χ0n) is 13.0. The van der Waals surface area contributed by atoms with Gasteiger partial charge in [-0.2, -0.15) is 0 Å². The first-order valence-electron chi connectivity index (χ1n) is 6.37. The Labute approximate surface area is 112 Å². The second kappa shape index (κ2) is 6.26. The van der Waals surface area contributed by atoms with Crippen molar-refractivity contribution < 1.29 is 12.7 Å². The van der Waals surface area contributed by atoms with Gasteiger partial charge in [-0.15, -0.1) is 0 Å². The topological polar surface area (TPSA) is 27.7 Å². The summed E-state index contributed by atoms with van der Waals surface area (Å²) in [6.07, 6.45) is 0.859. The summed E-state index contributed by atoms with van der Waals surface area (Å²) < 4.78 is 18.6. The Balaban J connectivity index is 4.69. The van der Waals surface area contributed by atoms with Crippen molar-refractivity contribution >= 4 is 34.2 Å². The predicted molar refractivity (Wildman–Crippen MR) is 85.3 cm³/mol. The van der Waals surface area contributed by atoms with Crippen LogP contribution in [0.2, 0.25) is 58.9 Å². The molecule has 0 aliphatic heterocycles. The fourth-order valence-corrected chi connectivity index (χ4v) is 14.0. The fourth-order valence-electron chi connectivity index (χ4n) is 1.51. The molecule has 0 aromatic heterocycles. The van der Waals surface area contributed by atoms with E-state index in [9.17, 15) is 0 Å². The molecule has 0 radical (unpaired) electrons. The van der Waals surface area contributed by atoms with Crippen molar-refractivity contribution in [2.75, 3.05) is 6.23 Å². The molecule has 0 amide bonds. The van der Waals surface area contributed by atoms with Crippen molar-refractivity contribution in [1.82, 2.24) is 0 Å². The molecule has 0 unspecified atom stereocenters. The van der Waals surface area contributed by atoms with Gasteiger partial charge in [0.15, 0.2) is 16.6 Å². The molecular weight excluding hydrogens is 280 g/mol. The smallest absolute Gasteiger partial charge is 0.417 e. The minimum Gasteiger partial charge on any atom is -0.417 e. The summed E-state index contributed by atoms with van der Waals surface area (Å²) in [5, 5.41) is 0. The van der Waals surface area contributed by atoms with Gasteiger partial charge in [0.05, 0.1) is 8.80 Å². The van der Waals surface area contributed by atoms with E-state index in [1.807, 2.05) is 0 Å². The number of rotatable bonds is 7. The average Bonchev–Trinajstić information content (AvgIpc) is 1.93. The summed E-state index contributed by atoms with van der Waals surface area (Å²) in [5.74, 6) is 0. The first-order valence-corrected chi connectivity index (χ1v) is 18.5. The molecule has 0 aromatic carbocycles. The summed E-state index contributed by atoms with van der Waals surface area (Å²) >= 11 is 0. The Morgan fingerprint density at radius 2 is 1.12 bits per heavy atom. The Kier molecular flexibility index (Phi) is 6.54. The highest BCUT2D eigenvalue weighted by molar-refractivity contribution is 6.85. The number of hydrogen-bond donors (Lipinski definition) is 0. The van der Waals surface area contributed by atoms with E-state index in [-0.39, 0.29) is 0 Å². The zero-order chi connectivity index (χ0) is 13.9. The van der Waals surface area contributed by atoms with Gasteiger partial charge in [0.1, 0.15) is 0 Å². The fraction of sp³-hybridized carbons (Fsp3) is 1.00. The third kappa shape index (κ3) is 10.4. The molecule has 0 fully saturated rings. The SMILES string of the molecule is C[SiH](C)CO[Si](C)(O[Si](C)(C)C)O[Si](C)(C)C. The molecule has 3 nitrogen and oxygen atoms in total. The van der Waals surface area contributed by atoms with Gasteiger partial charge in [0, 0.05) is 12.8 Å². The van der Waals surface area contributed by atoms with Crippen LogP contribution in [0.15, 0.2) is 0 Å². The molecule has 0 aliphatic rings. The van der Waals surface area contributed by atoms with Gasteiger partial charge in [-0.3, -0.25) is 0 Å². The highest BCUT2D eigenvalue weighted by Crippen LogP contribution is 2.21. The molecule has 0 aliphatic carbocycles. The molecule has 0 N–H and O–H groups in total. The van der Waals surface area contributed by atoms with Crippen LogP contribution in [0.3, 0.4) is 0 Å². The normalized spacial score (nSPS) is 14.5. The van der Waals surface area contributed by atoms with Crippen molar-refractivity contribution in [2.24, 2.45) is 0 Å². The van der Waals surface area contributed by atoms with Crippen LogP contribution in [0, 0.1) is 0 Å². The quantitative estimate of drug-likeness (QED) is 0.675. The molecule has 0 bridgehead atoms. The second-order valence-corrected chi connectivity index (χ2v) is 22.2. The maximum Gasteiger partial charge on any atom is 0.476 e. The summed E-state index contributed by atoms with van der Waals surface area (Å²) in [5.41, 5.74) is 0. The lowest BCUT2D eigenvalue weighted by atomic mass is 11.7. The maximum absolute atomic E-state index is 6.24. The monoisotopic (exact) mass is 310 g/mol. The third-order valence-electron chi connectivity index (χ3n) is 1.66. The van der Waals surface area contributed by atoms with Crippen LogP contribution < -0.4 is 0 Å².